The van der Waals surface area contributed by atoms with E-state index in [2.05, 4.69) is 16.9 Å². The van der Waals surface area contributed by atoms with Crippen LogP contribution in [0.3, 0.4) is 0 Å². The number of methoxy groups -OCH3 is 1. The van der Waals surface area contributed by atoms with Crippen LogP contribution in [0.5, 0.6) is 5.75 Å². The van der Waals surface area contributed by atoms with E-state index in [0.29, 0.717) is 11.6 Å². The molecule has 0 saturated carbocycles. The van der Waals surface area contributed by atoms with Gasteiger partial charge in [0.1, 0.15) is 0 Å². The number of aromatic nitrogens is 1. The van der Waals surface area contributed by atoms with Crippen molar-refractivity contribution in [1.29, 1.82) is 0 Å². The van der Waals surface area contributed by atoms with Crippen LogP contribution in [0.1, 0.15) is 0 Å². The first-order valence-corrected chi connectivity index (χ1v) is 4.66. The van der Waals surface area contributed by atoms with Gasteiger partial charge in [-0.3, -0.25) is 0 Å². The third-order valence-corrected chi connectivity index (χ3v) is 2.15. The van der Waals surface area contributed by atoms with Crippen molar-refractivity contribution >= 4 is 16.7 Å². The number of fused-ring (bicyclic) bond motifs is 1. The highest BCUT2D eigenvalue weighted by Crippen LogP contribution is 2.26. The Morgan fingerprint density at radius 3 is 2.93 bits per heavy atom. The fraction of sp³-hybridized carbons (Fsp3) is 0.0833. The fourth-order valence-electron chi connectivity index (χ4n) is 1.45. The Balaban J connectivity index is 2.63. The number of benzene rings is 1. The van der Waals surface area contributed by atoms with Crippen LogP contribution < -0.4 is 10.1 Å². The van der Waals surface area contributed by atoms with Crippen LogP contribution in [0.2, 0.25) is 0 Å². The summed E-state index contributed by atoms with van der Waals surface area (Å²) in [7, 11) is 1.63. The Bertz CT molecular complexity index is 494. The van der Waals surface area contributed by atoms with E-state index in [1.165, 1.54) is 0 Å². The molecule has 2 rings (SSSR count). The fourth-order valence-corrected chi connectivity index (χ4v) is 1.45. The van der Waals surface area contributed by atoms with Crippen molar-refractivity contribution in [2.75, 3.05) is 12.4 Å². The van der Waals surface area contributed by atoms with Crippen molar-refractivity contribution in [3.05, 3.63) is 43.1 Å². The van der Waals surface area contributed by atoms with Gasteiger partial charge < -0.3 is 10.1 Å². The number of hydrogen-bond donors (Lipinski definition) is 1. The maximum absolute atomic E-state index is 5.23. The Labute approximate surface area is 88.4 Å². The second-order valence-electron chi connectivity index (χ2n) is 3.08. The zero-order valence-electron chi connectivity index (χ0n) is 8.53. The number of rotatable bonds is 3. The van der Waals surface area contributed by atoms with Gasteiger partial charge in [0, 0.05) is 5.39 Å². The van der Waals surface area contributed by atoms with Gasteiger partial charge in [-0.15, -0.1) is 0 Å². The van der Waals surface area contributed by atoms with E-state index in [1.807, 2.05) is 30.3 Å². The van der Waals surface area contributed by atoms with E-state index in [0.717, 1.165) is 10.9 Å². The summed E-state index contributed by atoms with van der Waals surface area (Å²) in [5.41, 5.74) is 0.933. The molecule has 0 amide bonds. The monoisotopic (exact) mass is 200 g/mol. The van der Waals surface area contributed by atoms with E-state index in [-0.39, 0.29) is 0 Å². The lowest BCUT2D eigenvalue weighted by Gasteiger charge is -2.08. The van der Waals surface area contributed by atoms with Crippen LogP contribution in [0.15, 0.2) is 43.1 Å². The number of ether oxygens (including phenoxy) is 1. The Kier molecular flexibility index (Phi) is 2.54. The average Bonchev–Trinajstić information content (AvgIpc) is 2.28. The third kappa shape index (κ3) is 1.76. The molecule has 0 saturated heterocycles. The van der Waals surface area contributed by atoms with Crippen molar-refractivity contribution in [1.82, 2.24) is 4.98 Å². The number of para-hydroxylation sites is 1. The van der Waals surface area contributed by atoms with Gasteiger partial charge in [-0.25, -0.2) is 4.98 Å². The van der Waals surface area contributed by atoms with Gasteiger partial charge in [-0.2, -0.15) is 0 Å². The van der Waals surface area contributed by atoms with E-state index in [9.17, 15) is 0 Å². The minimum Gasteiger partial charge on any atom is -0.493 e. The lowest BCUT2D eigenvalue weighted by atomic mass is 10.2. The summed E-state index contributed by atoms with van der Waals surface area (Å²) in [6.45, 7) is 3.60. The van der Waals surface area contributed by atoms with Gasteiger partial charge in [-0.1, -0.05) is 24.8 Å². The van der Waals surface area contributed by atoms with E-state index in [4.69, 9.17) is 4.74 Å². The van der Waals surface area contributed by atoms with Gasteiger partial charge in [-0.05, 0) is 18.3 Å². The molecule has 3 nitrogen and oxygen atoms in total. The zero-order valence-corrected chi connectivity index (χ0v) is 8.53. The third-order valence-electron chi connectivity index (χ3n) is 2.15. The molecule has 0 fully saturated rings. The van der Waals surface area contributed by atoms with Crippen LogP contribution in [-0.4, -0.2) is 12.1 Å². The van der Waals surface area contributed by atoms with E-state index in [1.54, 1.807) is 13.3 Å². The minimum absolute atomic E-state index is 0.686. The highest BCUT2D eigenvalue weighted by Gasteiger charge is 2.04. The largest absolute Gasteiger partial charge is 0.493 e. The summed E-state index contributed by atoms with van der Waals surface area (Å²) in [6.07, 6.45) is 1.58. The van der Waals surface area contributed by atoms with Crippen LogP contribution in [0.25, 0.3) is 10.9 Å². The molecule has 1 heterocycles. The van der Waals surface area contributed by atoms with E-state index < -0.39 is 0 Å². The number of hydrogen-bond acceptors (Lipinski definition) is 3. The highest BCUT2D eigenvalue weighted by molar-refractivity contribution is 5.83. The SMILES string of the molecule is C=CNc1nc2ccccc2cc1OC. The van der Waals surface area contributed by atoms with Gasteiger partial charge in [0.25, 0.3) is 0 Å². The minimum atomic E-state index is 0.686. The molecule has 0 aliphatic heterocycles. The molecule has 1 aromatic heterocycles. The highest BCUT2D eigenvalue weighted by atomic mass is 16.5. The van der Waals surface area contributed by atoms with Gasteiger partial charge in [0.15, 0.2) is 11.6 Å². The Hall–Kier alpha value is -2.03. The molecule has 0 spiro atoms. The first kappa shape index (κ1) is 9.52. The Morgan fingerprint density at radius 1 is 1.40 bits per heavy atom. The maximum atomic E-state index is 5.23. The van der Waals surface area contributed by atoms with Crippen LogP contribution in [0, 0.1) is 0 Å². The first-order chi connectivity index (χ1) is 7.35. The topological polar surface area (TPSA) is 34.2 Å². The zero-order chi connectivity index (χ0) is 10.7. The summed E-state index contributed by atoms with van der Waals surface area (Å²) in [4.78, 5) is 4.43. The molecule has 0 atom stereocenters. The number of nitrogens with zero attached hydrogens (tertiary/aromatic N) is 1. The average molecular weight is 200 g/mol. The second-order valence-corrected chi connectivity index (χ2v) is 3.08. The maximum Gasteiger partial charge on any atom is 0.173 e. The van der Waals surface area contributed by atoms with Crippen LogP contribution in [-0.2, 0) is 0 Å². The summed E-state index contributed by atoms with van der Waals surface area (Å²) >= 11 is 0. The molecule has 1 aromatic carbocycles. The normalized spacial score (nSPS) is 9.93. The first-order valence-electron chi connectivity index (χ1n) is 4.66. The van der Waals surface area contributed by atoms with Crippen molar-refractivity contribution < 1.29 is 4.74 Å². The van der Waals surface area contributed by atoms with Crippen molar-refractivity contribution in [3.63, 3.8) is 0 Å². The summed E-state index contributed by atoms with van der Waals surface area (Å²) in [5, 5.41) is 4.01. The summed E-state index contributed by atoms with van der Waals surface area (Å²) in [5.74, 6) is 1.40. The number of nitrogens with one attached hydrogen (secondary N) is 1. The lowest BCUT2D eigenvalue weighted by Crippen LogP contribution is -1.96. The molecule has 2 aromatic rings. The van der Waals surface area contributed by atoms with Crippen molar-refractivity contribution in [3.8, 4) is 5.75 Å². The molecule has 0 bridgehead atoms. The predicted molar refractivity (Wildman–Crippen MR) is 62.1 cm³/mol. The molecular formula is C12H12N2O. The standard InChI is InChI=1S/C12H12N2O/c1-3-13-12-11(15-2)8-9-6-4-5-7-10(9)14-12/h3-8H,1H2,2H3,(H,13,14). The number of pyridine rings is 1. The molecule has 76 valence electrons. The number of anilines is 1. The molecular weight excluding hydrogens is 188 g/mol. The van der Waals surface area contributed by atoms with Crippen molar-refractivity contribution in [2.45, 2.75) is 0 Å². The van der Waals surface area contributed by atoms with Gasteiger partial charge in [0.05, 0.1) is 12.6 Å². The predicted octanol–water partition coefficient (Wildman–Crippen LogP) is 2.80. The molecule has 0 unspecified atom stereocenters. The quantitative estimate of drug-likeness (QED) is 0.827. The molecule has 0 aliphatic rings. The van der Waals surface area contributed by atoms with Gasteiger partial charge >= 0.3 is 0 Å². The molecule has 15 heavy (non-hydrogen) atoms. The summed E-state index contributed by atoms with van der Waals surface area (Å²) in [6, 6.07) is 9.85. The molecule has 0 radical (unpaired) electrons. The van der Waals surface area contributed by atoms with E-state index >= 15 is 0 Å². The summed E-state index contributed by atoms with van der Waals surface area (Å²) < 4.78 is 5.23. The lowest BCUT2D eigenvalue weighted by molar-refractivity contribution is 0.416. The van der Waals surface area contributed by atoms with Crippen molar-refractivity contribution in [2.24, 2.45) is 0 Å². The molecule has 3 heteroatoms. The van der Waals surface area contributed by atoms with Gasteiger partial charge in [0.2, 0.25) is 0 Å². The Morgan fingerprint density at radius 2 is 2.20 bits per heavy atom. The molecule has 1 N–H and O–H groups in total. The van der Waals surface area contributed by atoms with Crippen LogP contribution in [0.4, 0.5) is 5.82 Å². The molecule has 0 aliphatic carbocycles. The smallest absolute Gasteiger partial charge is 0.173 e. The second kappa shape index (κ2) is 4.00. The van der Waals surface area contributed by atoms with Crippen LogP contribution >= 0.6 is 0 Å².